The predicted octanol–water partition coefficient (Wildman–Crippen LogP) is 7.82. The summed E-state index contributed by atoms with van der Waals surface area (Å²) in [7, 11) is -13.0. The molecule has 0 rings (SSSR count). The second-order valence-electron chi connectivity index (χ2n) is 13.3. The van der Waals surface area contributed by atoms with Gasteiger partial charge in [-0.1, -0.05) is 194 Å². The molecule has 0 heterocycles. The third-order valence-electron chi connectivity index (χ3n) is 8.19. The summed E-state index contributed by atoms with van der Waals surface area (Å²) in [6.45, 7) is 12.9. The maximum Gasteiger partial charge on any atom is 1.00 e. The molecule has 0 saturated carbocycles. The van der Waals surface area contributed by atoms with Crippen molar-refractivity contribution in [1.29, 1.82) is 0 Å². The van der Waals surface area contributed by atoms with Gasteiger partial charge in [-0.15, -0.1) is 13.2 Å². The SMILES string of the molecule is C=C.CCCCCCCCCCCCOS(=O)(=O)O.CCCCCCCCCCCCOS(=O)(=O)O.CCCCCCCCCCCCOS(=O)(=O)[O-].O.[Na+]. The van der Waals surface area contributed by atoms with Crippen molar-refractivity contribution in [3.63, 3.8) is 0 Å². The van der Waals surface area contributed by atoms with Crippen LogP contribution in [0.5, 0.6) is 0 Å². The molecule has 0 aromatic heterocycles. The fourth-order valence-corrected chi connectivity index (χ4v) is 6.24. The van der Waals surface area contributed by atoms with Crippen LogP contribution >= 0.6 is 0 Å². The largest absolute Gasteiger partial charge is 1.00 e. The number of hydrogen-bond acceptors (Lipinski definition) is 10. The number of rotatable bonds is 36. The van der Waals surface area contributed by atoms with Crippen LogP contribution in [0.1, 0.15) is 213 Å². The van der Waals surface area contributed by atoms with Crippen LogP contribution in [-0.2, 0) is 43.7 Å². The molecule has 332 valence electrons. The predicted molar refractivity (Wildman–Crippen MR) is 221 cm³/mol. The first kappa shape index (κ1) is 67.1. The van der Waals surface area contributed by atoms with Crippen molar-refractivity contribution < 1.29 is 86.5 Å². The average molecular weight is 867 g/mol. The van der Waals surface area contributed by atoms with Crippen LogP contribution in [0.2, 0.25) is 0 Å². The molecule has 0 aliphatic heterocycles. The minimum absolute atomic E-state index is 0. The van der Waals surface area contributed by atoms with Gasteiger partial charge < -0.3 is 10.0 Å². The summed E-state index contributed by atoms with van der Waals surface area (Å²) in [5.74, 6) is 0. The van der Waals surface area contributed by atoms with E-state index in [1.54, 1.807) is 0 Å². The molecule has 0 unspecified atom stereocenters. The molecule has 0 bridgehead atoms. The molecule has 0 spiro atoms. The van der Waals surface area contributed by atoms with Gasteiger partial charge in [0.1, 0.15) is 0 Å². The van der Waals surface area contributed by atoms with E-state index in [0.717, 1.165) is 38.5 Å². The van der Waals surface area contributed by atoms with Crippen molar-refractivity contribution in [2.75, 3.05) is 19.8 Å². The molecule has 0 amide bonds. The van der Waals surface area contributed by atoms with Crippen LogP contribution in [0.3, 0.4) is 0 Å². The van der Waals surface area contributed by atoms with Crippen molar-refractivity contribution in [3.8, 4) is 0 Å². The van der Waals surface area contributed by atoms with Gasteiger partial charge in [-0.3, -0.25) is 13.3 Å². The molecule has 55 heavy (non-hydrogen) atoms. The third-order valence-corrected chi connectivity index (χ3v) is 9.57. The van der Waals surface area contributed by atoms with Gasteiger partial charge in [0.05, 0.1) is 19.8 Å². The zero-order valence-electron chi connectivity index (χ0n) is 35.5. The summed E-state index contributed by atoms with van der Waals surface area (Å²) in [6.07, 6.45) is 35.4. The van der Waals surface area contributed by atoms with Gasteiger partial charge in [-0.2, -0.15) is 16.8 Å². The van der Waals surface area contributed by atoms with Crippen LogP contribution in [0.15, 0.2) is 13.2 Å². The molecule has 0 radical (unpaired) electrons. The van der Waals surface area contributed by atoms with Crippen LogP contribution in [-0.4, -0.2) is 64.2 Å². The van der Waals surface area contributed by atoms with E-state index in [-0.39, 0.29) is 54.9 Å². The van der Waals surface area contributed by atoms with Gasteiger partial charge in [0.25, 0.3) is 0 Å². The number of hydrogen-bond donors (Lipinski definition) is 2. The first-order valence-electron chi connectivity index (χ1n) is 20.5. The Labute approximate surface area is 361 Å². The quantitative estimate of drug-likeness (QED) is 0.0202. The maximum atomic E-state index is 10.2. The molecule has 0 atom stereocenters. The fourth-order valence-electron chi connectivity index (χ4n) is 5.26. The Hall–Kier alpha value is 0.310. The average Bonchev–Trinajstić information content (AvgIpc) is 3.08. The Morgan fingerprint density at radius 1 is 0.382 bits per heavy atom. The summed E-state index contributed by atoms with van der Waals surface area (Å²) in [4.78, 5) is 0. The normalized spacial score (nSPS) is 11.1. The minimum Gasteiger partial charge on any atom is -0.726 e. The van der Waals surface area contributed by atoms with Crippen molar-refractivity contribution in [1.82, 2.24) is 0 Å². The minimum atomic E-state index is -4.48. The van der Waals surface area contributed by atoms with E-state index in [1.807, 2.05) is 0 Å². The summed E-state index contributed by atoms with van der Waals surface area (Å²) in [5, 5.41) is 0. The molecule has 13 nitrogen and oxygen atoms in total. The summed E-state index contributed by atoms with van der Waals surface area (Å²) < 4.78 is 100. The van der Waals surface area contributed by atoms with Crippen molar-refractivity contribution in [3.05, 3.63) is 13.2 Å². The van der Waals surface area contributed by atoms with E-state index in [4.69, 9.17) is 9.11 Å². The molecule has 17 heteroatoms. The molecule has 0 aliphatic carbocycles. The van der Waals surface area contributed by atoms with E-state index in [2.05, 4.69) is 46.5 Å². The Balaban J connectivity index is -0.000000157. The molecular formula is C38H83NaO13S3. The summed E-state index contributed by atoms with van der Waals surface area (Å²) in [5.41, 5.74) is 0. The molecule has 0 aliphatic rings. The third kappa shape index (κ3) is 83.0. The Morgan fingerprint density at radius 3 is 0.709 bits per heavy atom. The van der Waals surface area contributed by atoms with Gasteiger partial charge in [0.2, 0.25) is 10.4 Å². The standard InChI is InChI=1S/3C12H26O4S.C2H4.Na.H2O/c3*1-2-3-4-5-6-7-8-9-10-11-12-16-17(13,14)15;1-2;;/h3*2-12H2,1H3,(H,13,14,15);1-2H2;;1H2/q;;;;+1;/p-1. The Bertz CT molecular complexity index is 902. The second-order valence-corrected chi connectivity index (χ2v) is 16.5. The molecular weight excluding hydrogens is 784 g/mol. The van der Waals surface area contributed by atoms with Gasteiger partial charge in [0.15, 0.2) is 0 Å². The number of unbranched alkanes of at least 4 members (excludes halogenated alkanes) is 27. The summed E-state index contributed by atoms with van der Waals surface area (Å²) >= 11 is 0. The monoisotopic (exact) mass is 866 g/mol. The topological polar surface area (TPSA) is 225 Å². The van der Waals surface area contributed by atoms with Crippen LogP contribution in [0, 0.1) is 0 Å². The maximum absolute atomic E-state index is 10.2. The van der Waals surface area contributed by atoms with E-state index in [1.165, 1.54) is 135 Å². The van der Waals surface area contributed by atoms with Gasteiger partial charge in [-0.05, 0) is 19.3 Å². The van der Waals surface area contributed by atoms with E-state index in [9.17, 15) is 29.8 Å². The molecule has 4 N–H and O–H groups in total. The van der Waals surface area contributed by atoms with Gasteiger partial charge in [-0.25, -0.2) is 16.8 Å². The molecule has 0 aromatic carbocycles. The zero-order chi connectivity index (χ0) is 41.0. The molecule has 0 saturated heterocycles. The van der Waals surface area contributed by atoms with Crippen LogP contribution in [0.25, 0.3) is 0 Å². The first-order chi connectivity index (χ1) is 25.2. The van der Waals surface area contributed by atoms with Gasteiger partial charge in [0, 0.05) is 0 Å². The molecule has 0 aromatic rings. The smallest absolute Gasteiger partial charge is 0.726 e. The fraction of sp³-hybridized carbons (Fsp3) is 0.947. The summed E-state index contributed by atoms with van der Waals surface area (Å²) in [6, 6.07) is 0. The van der Waals surface area contributed by atoms with E-state index >= 15 is 0 Å². The van der Waals surface area contributed by atoms with E-state index < -0.39 is 31.2 Å². The van der Waals surface area contributed by atoms with Crippen molar-refractivity contribution in [2.24, 2.45) is 0 Å². The van der Waals surface area contributed by atoms with E-state index in [0.29, 0.717) is 19.3 Å². The van der Waals surface area contributed by atoms with Gasteiger partial charge >= 0.3 is 50.4 Å². The van der Waals surface area contributed by atoms with Crippen molar-refractivity contribution >= 4 is 31.2 Å². The molecule has 0 fully saturated rings. The van der Waals surface area contributed by atoms with Crippen LogP contribution < -0.4 is 29.6 Å². The Morgan fingerprint density at radius 2 is 0.545 bits per heavy atom. The first-order valence-corrected chi connectivity index (χ1v) is 24.6. The Kier molecular flexibility index (Phi) is 63.8. The van der Waals surface area contributed by atoms with Crippen LogP contribution in [0.4, 0.5) is 0 Å². The zero-order valence-corrected chi connectivity index (χ0v) is 39.9. The second kappa shape index (κ2) is 52.3. The van der Waals surface area contributed by atoms with Crippen molar-refractivity contribution in [2.45, 2.75) is 213 Å².